The third-order valence-electron chi connectivity index (χ3n) is 4.41. The summed E-state index contributed by atoms with van der Waals surface area (Å²) < 4.78 is 42.2. The van der Waals surface area contributed by atoms with E-state index in [9.17, 15) is 23.1 Å². The highest BCUT2D eigenvalue weighted by atomic mass is 19.4. The van der Waals surface area contributed by atoms with Crippen LogP contribution in [0.5, 0.6) is 0 Å². The van der Waals surface area contributed by atoms with Crippen molar-refractivity contribution in [2.45, 2.75) is 24.9 Å². The van der Waals surface area contributed by atoms with E-state index >= 15 is 0 Å². The van der Waals surface area contributed by atoms with E-state index in [-0.39, 0.29) is 22.9 Å². The van der Waals surface area contributed by atoms with Gasteiger partial charge in [0.15, 0.2) is 5.82 Å². The average molecular weight is 404 g/mol. The molecule has 1 saturated carbocycles. The van der Waals surface area contributed by atoms with Gasteiger partial charge >= 0.3 is 12.1 Å². The summed E-state index contributed by atoms with van der Waals surface area (Å²) in [6, 6.07) is 2.45. The second-order valence-electron chi connectivity index (χ2n) is 6.74. The maximum atomic E-state index is 13.2. The molecular formula is C18H15F3N6O2. The quantitative estimate of drug-likeness (QED) is 0.657. The first-order valence-electron chi connectivity index (χ1n) is 8.65. The van der Waals surface area contributed by atoms with Gasteiger partial charge in [-0.05, 0) is 25.0 Å². The van der Waals surface area contributed by atoms with Gasteiger partial charge in [0.25, 0.3) is 0 Å². The molecule has 0 amide bonds. The van der Waals surface area contributed by atoms with E-state index in [0.29, 0.717) is 11.3 Å². The molecule has 150 valence electrons. The Bertz CT molecular complexity index is 1110. The Kier molecular flexibility index (Phi) is 4.44. The number of alkyl halides is 3. The first kappa shape index (κ1) is 18.8. The van der Waals surface area contributed by atoms with Gasteiger partial charge in [-0.15, -0.1) is 5.10 Å². The zero-order chi connectivity index (χ0) is 20.8. The molecule has 3 aromatic rings. The van der Waals surface area contributed by atoms with Crippen LogP contribution in [-0.4, -0.2) is 40.6 Å². The van der Waals surface area contributed by atoms with Crippen LogP contribution in [0.1, 0.15) is 35.7 Å². The van der Waals surface area contributed by atoms with E-state index < -0.39 is 17.8 Å². The van der Waals surface area contributed by atoms with Crippen LogP contribution in [0, 0.1) is 0 Å². The second-order valence-corrected chi connectivity index (χ2v) is 6.74. The second kappa shape index (κ2) is 6.83. The van der Waals surface area contributed by atoms with Gasteiger partial charge in [-0.2, -0.15) is 18.3 Å². The number of aromatic nitrogens is 6. The van der Waals surface area contributed by atoms with Crippen molar-refractivity contribution in [3.8, 4) is 11.4 Å². The molecule has 11 heteroatoms. The van der Waals surface area contributed by atoms with Gasteiger partial charge in [-0.25, -0.2) is 19.4 Å². The van der Waals surface area contributed by atoms with Crippen molar-refractivity contribution < 1.29 is 23.1 Å². The fourth-order valence-corrected chi connectivity index (χ4v) is 2.83. The van der Waals surface area contributed by atoms with Gasteiger partial charge in [0.1, 0.15) is 12.0 Å². The number of pyridine rings is 1. The largest absolute Gasteiger partial charge is 0.478 e. The van der Waals surface area contributed by atoms with Gasteiger partial charge in [-0.3, -0.25) is 4.68 Å². The molecule has 0 bridgehead atoms. The standard InChI is InChI=1S/C18H15F3N6O2/c1-26-7-12(6-23-26)13(17(28)29)8-27-9-22-16(25-27)11-4-14(10-2-3-10)24-15(5-11)18(19,20)21/h4-10H,2-3H2,1H3,(H,28,29)/b13-8+. The summed E-state index contributed by atoms with van der Waals surface area (Å²) in [5.74, 6) is -1.14. The van der Waals surface area contributed by atoms with Gasteiger partial charge in [0.05, 0.1) is 11.8 Å². The lowest BCUT2D eigenvalue weighted by molar-refractivity contribution is -0.141. The number of hydrogen-bond acceptors (Lipinski definition) is 5. The number of aliphatic carboxylic acids is 1. The maximum Gasteiger partial charge on any atom is 0.433 e. The molecule has 1 fully saturated rings. The van der Waals surface area contributed by atoms with Gasteiger partial charge in [0.2, 0.25) is 0 Å². The molecule has 0 aliphatic heterocycles. The number of carboxylic acid groups (broad SMARTS) is 1. The molecule has 0 spiro atoms. The SMILES string of the molecule is Cn1cc(/C(=C\n2cnc(-c3cc(C4CC4)nc(C(F)(F)F)c3)n2)C(=O)O)cn1. The van der Waals surface area contributed by atoms with Gasteiger partial charge in [0, 0.05) is 42.2 Å². The normalized spacial score (nSPS) is 15.0. The van der Waals surface area contributed by atoms with Crippen LogP contribution in [0.3, 0.4) is 0 Å². The van der Waals surface area contributed by atoms with Crippen molar-refractivity contribution in [2.75, 3.05) is 0 Å². The van der Waals surface area contributed by atoms with Crippen LogP contribution in [0.4, 0.5) is 13.2 Å². The molecule has 1 aliphatic carbocycles. The highest BCUT2D eigenvalue weighted by Gasteiger charge is 2.35. The molecular weight excluding hydrogens is 389 g/mol. The summed E-state index contributed by atoms with van der Waals surface area (Å²) in [5, 5.41) is 17.5. The van der Waals surface area contributed by atoms with Gasteiger partial charge in [-0.1, -0.05) is 0 Å². The molecule has 29 heavy (non-hydrogen) atoms. The molecule has 0 radical (unpaired) electrons. The van der Waals surface area contributed by atoms with Crippen LogP contribution in [-0.2, 0) is 18.0 Å². The van der Waals surface area contributed by atoms with E-state index in [1.807, 2.05) is 0 Å². The summed E-state index contributed by atoms with van der Waals surface area (Å²) in [6.07, 6.45) is 2.38. The number of nitrogens with zero attached hydrogens (tertiary/aromatic N) is 6. The zero-order valence-corrected chi connectivity index (χ0v) is 15.1. The van der Waals surface area contributed by atoms with Crippen LogP contribution in [0.2, 0.25) is 0 Å². The number of rotatable bonds is 5. The van der Waals surface area contributed by atoms with E-state index in [0.717, 1.165) is 23.6 Å². The van der Waals surface area contributed by atoms with Crippen molar-refractivity contribution in [3.63, 3.8) is 0 Å². The third-order valence-corrected chi connectivity index (χ3v) is 4.41. The summed E-state index contributed by atoms with van der Waals surface area (Å²) >= 11 is 0. The molecule has 0 unspecified atom stereocenters. The number of carboxylic acids is 1. The maximum absolute atomic E-state index is 13.2. The Morgan fingerprint density at radius 1 is 1.31 bits per heavy atom. The Balaban J connectivity index is 1.72. The first-order chi connectivity index (χ1) is 13.7. The predicted octanol–water partition coefficient (Wildman–Crippen LogP) is 3.05. The first-order valence-corrected chi connectivity index (χ1v) is 8.65. The molecule has 4 rings (SSSR count). The summed E-state index contributed by atoms with van der Waals surface area (Å²) in [7, 11) is 1.65. The van der Waals surface area contributed by atoms with Crippen LogP contribution in [0.15, 0.2) is 30.9 Å². The Morgan fingerprint density at radius 2 is 2.07 bits per heavy atom. The Hall–Kier alpha value is -3.50. The Morgan fingerprint density at radius 3 is 2.66 bits per heavy atom. The molecule has 8 nitrogen and oxygen atoms in total. The van der Waals surface area contributed by atoms with Crippen molar-refractivity contribution in [1.82, 2.24) is 29.5 Å². The number of halogens is 3. The Labute approximate surface area is 162 Å². The number of hydrogen-bond donors (Lipinski definition) is 1. The van der Waals surface area contributed by atoms with Crippen LogP contribution >= 0.6 is 0 Å². The minimum absolute atomic E-state index is 0.0159. The van der Waals surface area contributed by atoms with E-state index in [1.165, 1.54) is 29.6 Å². The highest BCUT2D eigenvalue weighted by Crippen LogP contribution is 2.41. The lowest BCUT2D eigenvalue weighted by atomic mass is 10.1. The third kappa shape index (κ3) is 4.03. The minimum atomic E-state index is -4.58. The van der Waals surface area contributed by atoms with Crippen molar-refractivity contribution in [2.24, 2.45) is 7.05 Å². The molecule has 0 aromatic carbocycles. The van der Waals surface area contributed by atoms with Crippen molar-refractivity contribution in [3.05, 3.63) is 47.8 Å². The lowest BCUT2D eigenvalue weighted by Gasteiger charge is -2.09. The minimum Gasteiger partial charge on any atom is -0.478 e. The molecule has 1 aliphatic rings. The summed E-state index contributed by atoms with van der Waals surface area (Å²) in [6.45, 7) is 0. The molecule has 0 atom stereocenters. The van der Waals surface area contributed by atoms with E-state index in [1.54, 1.807) is 13.1 Å². The molecule has 3 heterocycles. The van der Waals surface area contributed by atoms with Gasteiger partial charge < -0.3 is 5.11 Å². The van der Waals surface area contributed by atoms with Crippen molar-refractivity contribution >= 4 is 17.7 Å². The van der Waals surface area contributed by atoms with Crippen LogP contribution < -0.4 is 0 Å². The smallest absolute Gasteiger partial charge is 0.433 e. The topological polar surface area (TPSA) is 98.7 Å². The average Bonchev–Trinajstić information content (AvgIpc) is 3.25. The fraction of sp³-hybridized carbons (Fsp3) is 0.278. The fourth-order valence-electron chi connectivity index (χ4n) is 2.83. The predicted molar refractivity (Wildman–Crippen MR) is 95.2 cm³/mol. The molecule has 1 N–H and O–H groups in total. The number of carbonyl (C=O) groups is 1. The lowest BCUT2D eigenvalue weighted by Crippen LogP contribution is -2.10. The number of aryl methyl sites for hydroxylation is 1. The summed E-state index contributed by atoms with van der Waals surface area (Å²) in [5.41, 5.74) is -0.177. The zero-order valence-electron chi connectivity index (χ0n) is 15.1. The van der Waals surface area contributed by atoms with Crippen molar-refractivity contribution in [1.29, 1.82) is 0 Å². The monoisotopic (exact) mass is 404 g/mol. The highest BCUT2D eigenvalue weighted by molar-refractivity contribution is 6.19. The summed E-state index contributed by atoms with van der Waals surface area (Å²) in [4.78, 5) is 19.3. The van der Waals surface area contributed by atoms with Crippen LogP contribution in [0.25, 0.3) is 23.2 Å². The molecule has 3 aromatic heterocycles. The molecule has 0 saturated heterocycles. The van der Waals surface area contributed by atoms with E-state index in [4.69, 9.17) is 0 Å². The van der Waals surface area contributed by atoms with E-state index in [2.05, 4.69) is 20.2 Å².